The lowest BCUT2D eigenvalue weighted by atomic mass is 9.88. The first-order valence-electron chi connectivity index (χ1n) is 7.30. The molecule has 2 fully saturated rings. The molecular formula is C14H28N2O. The maximum Gasteiger partial charge on any atom is 0.0571 e. The van der Waals surface area contributed by atoms with Gasteiger partial charge >= 0.3 is 0 Å². The van der Waals surface area contributed by atoms with E-state index < -0.39 is 0 Å². The molecular weight excluding hydrogens is 212 g/mol. The van der Waals surface area contributed by atoms with Crippen molar-refractivity contribution in [2.75, 3.05) is 26.7 Å². The third kappa shape index (κ3) is 3.94. The highest BCUT2D eigenvalue weighted by molar-refractivity contribution is 4.87. The topological polar surface area (TPSA) is 35.5 Å². The zero-order valence-electron chi connectivity index (χ0n) is 11.4. The van der Waals surface area contributed by atoms with Gasteiger partial charge in [-0.05, 0) is 57.5 Å². The molecule has 0 bridgehead atoms. The second-order valence-corrected chi connectivity index (χ2v) is 5.99. The minimum absolute atomic E-state index is 0.0286. The van der Waals surface area contributed by atoms with Crippen molar-refractivity contribution in [2.24, 2.45) is 11.8 Å². The van der Waals surface area contributed by atoms with E-state index in [9.17, 15) is 5.11 Å². The lowest BCUT2D eigenvalue weighted by Gasteiger charge is -2.38. The normalized spacial score (nSPS) is 32.6. The number of hydrogen-bond donors (Lipinski definition) is 2. The Bertz CT molecular complexity index is 230. The monoisotopic (exact) mass is 240 g/mol. The van der Waals surface area contributed by atoms with Crippen molar-refractivity contribution in [3.05, 3.63) is 0 Å². The van der Waals surface area contributed by atoms with Gasteiger partial charge in [-0.2, -0.15) is 0 Å². The molecule has 1 saturated carbocycles. The number of nitrogens with zero attached hydrogens (tertiary/aromatic N) is 1. The Morgan fingerprint density at radius 2 is 2.12 bits per heavy atom. The average molecular weight is 240 g/mol. The van der Waals surface area contributed by atoms with Gasteiger partial charge in [0, 0.05) is 19.1 Å². The van der Waals surface area contributed by atoms with Crippen LogP contribution in [0.15, 0.2) is 0 Å². The first-order valence-corrected chi connectivity index (χ1v) is 7.30. The van der Waals surface area contributed by atoms with Crippen LogP contribution < -0.4 is 5.32 Å². The predicted octanol–water partition coefficient (Wildman–Crippen LogP) is 1.47. The zero-order chi connectivity index (χ0) is 12.3. The van der Waals surface area contributed by atoms with Gasteiger partial charge in [0.1, 0.15) is 0 Å². The smallest absolute Gasteiger partial charge is 0.0571 e. The molecule has 0 aromatic heterocycles. The van der Waals surface area contributed by atoms with Crippen molar-refractivity contribution in [1.82, 2.24) is 10.2 Å². The number of aliphatic hydroxyl groups excluding tert-OH is 1. The summed E-state index contributed by atoms with van der Waals surface area (Å²) in [4.78, 5) is 2.56. The van der Waals surface area contributed by atoms with Crippen LogP contribution in [0.4, 0.5) is 0 Å². The fourth-order valence-corrected chi connectivity index (χ4v) is 3.20. The SMILES string of the molecule is CCCN1CC(CC(O)C2CC2)CC(NC)C1. The maximum atomic E-state index is 10.1. The summed E-state index contributed by atoms with van der Waals surface area (Å²) < 4.78 is 0. The second-order valence-electron chi connectivity index (χ2n) is 5.99. The Labute approximate surface area is 106 Å². The molecule has 1 aliphatic carbocycles. The van der Waals surface area contributed by atoms with E-state index >= 15 is 0 Å². The lowest BCUT2D eigenvalue weighted by molar-refractivity contribution is 0.0762. The molecule has 1 saturated heterocycles. The van der Waals surface area contributed by atoms with Crippen LogP contribution in [-0.4, -0.2) is 48.8 Å². The first kappa shape index (κ1) is 13.3. The molecule has 0 spiro atoms. The van der Waals surface area contributed by atoms with Gasteiger partial charge < -0.3 is 15.3 Å². The van der Waals surface area contributed by atoms with Crippen LogP contribution in [0.25, 0.3) is 0 Å². The summed E-state index contributed by atoms with van der Waals surface area (Å²) in [6.07, 6.45) is 5.96. The molecule has 2 aliphatic rings. The zero-order valence-corrected chi connectivity index (χ0v) is 11.4. The van der Waals surface area contributed by atoms with E-state index in [-0.39, 0.29) is 6.10 Å². The van der Waals surface area contributed by atoms with Crippen LogP contribution in [0.2, 0.25) is 0 Å². The van der Waals surface area contributed by atoms with E-state index in [0.717, 1.165) is 6.42 Å². The van der Waals surface area contributed by atoms with Crippen molar-refractivity contribution < 1.29 is 5.11 Å². The summed E-state index contributed by atoms with van der Waals surface area (Å²) in [6, 6.07) is 0.617. The Morgan fingerprint density at radius 1 is 1.35 bits per heavy atom. The minimum atomic E-state index is -0.0286. The highest BCUT2D eigenvalue weighted by Gasteiger charge is 2.34. The second kappa shape index (κ2) is 6.17. The highest BCUT2D eigenvalue weighted by Crippen LogP contribution is 2.36. The predicted molar refractivity (Wildman–Crippen MR) is 71.0 cm³/mol. The van der Waals surface area contributed by atoms with E-state index in [1.54, 1.807) is 0 Å². The molecule has 0 radical (unpaired) electrons. The van der Waals surface area contributed by atoms with E-state index in [0.29, 0.717) is 17.9 Å². The standard InChI is InChI=1S/C14H28N2O/c1-3-6-16-9-11(7-13(10-16)15-2)8-14(17)12-4-5-12/h11-15,17H,3-10H2,1-2H3. The molecule has 3 unspecified atom stereocenters. The summed E-state index contributed by atoms with van der Waals surface area (Å²) in [5, 5.41) is 13.5. The van der Waals surface area contributed by atoms with Gasteiger partial charge in [0.05, 0.1) is 6.10 Å². The van der Waals surface area contributed by atoms with Crippen molar-refractivity contribution in [3.63, 3.8) is 0 Å². The van der Waals surface area contributed by atoms with E-state index in [2.05, 4.69) is 24.2 Å². The molecule has 100 valence electrons. The van der Waals surface area contributed by atoms with Gasteiger partial charge in [-0.25, -0.2) is 0 Å². The van der Waals surface area contributed by atoms with Crippen LogP contribution in [0, 0.1) is 11.8 Å². The number of rotatable bonds is 6. The lowest BCUT2D eigenvalue weighted by Crippen LogP contribution is -2.49. The summed E-state index contributed by atoms with van der Waals surface area (Å²) in [7, 11) is 2.06. The highest BCUT2D eigenvalue weighted by atomic mass is 16.3. The van der Waals surface area contributed by atoms with Crippen molar-refractivity contribution in [3.8, 4) is 0 Å². The molecule has 0 aromatic rings. The quantitative estimate of drug-likeness (QED) is 0.738. The van der Waals surface area contributed by atoms with E-state index in [1.807, 2.05) is 0 Å². The molecule has 3 nitrogen and oxygen atoms in total. The van der Waals surface area contributed by atoms with Crippen molar-refractivity contribution in [2.45, 2.75) is 51.2 Å². The number of piperidine rings is 1. The first-order chi connectivity index (χ1) is 8.22. The Kier molecular flexibility index (Phi) is 4.83. The molecule has 17 heavy (non-hydrogen) atoms. The van der Waals surface area contributed by atoms with Crippen LogP contribution >= 0.6 is 0 Å². The fraction of sp³-hybridized carbons (Fsp3) is 1.00. The Balaban J connectivity index is 1.82. The maximum absolute atomic E-state index is 10.1. The number of aliphatic hydroxyl groups is 1. The van der Waals surface area contributed by atoms with Crippen LogP contribution in [0.1, 0.15) is 39.0 Å². The molecule has 0 amide bonds. The molecule has 2 N–H and O–H groups in total. The van der Waals surface area contributed by atoms with E-state index in [1.165, 1.54) is 45.3 Å². The summed E-state index contributed by atoms with van der Waals surface area (Å²) in [5.41, 5.74) is 0. The average Bonchev–Trinajstić information content (AvgIpc) is 3.12. The van der Waals surface area contributed by atoms with Crippen molar-refractivity contribution >= 4 is 0 Å². The number of likely N-dealkylation sites (N-methyl/N-ethyl adjacent to an activating group) is 1. The molecule has 1 aliphatic heterocycles. The molecule has 3 atom stereocenters. The van der Waals surface area contributed by atoms with Gasteiger partial charge in [0.15, 0.2) is 0 Å². The third-order valence-corrected chi connectivity index (χ3v) is 4.30. The van der Waals surface area contributed by atoms with Crippen LogP contribution in [0.3, 0.4) is 0 Å². The number of nitrogens with one attached hydrogen (secondary N) is 1. The van der Waals surface area contributed by atoms with Crippen LogP contribution in [0.5, 0.6) is 0 Å². The molecule has 2 rings (SSSR count). The molecule has 1 heterocycles. The summed E-state index contributed by atoms with van der Waals surface area (Å²) >= 11 is 0. The molecule has 3 heteroatoms. The Hall–Kier alpha value is -0.120. The largest absolute Gasteiger partial charge is 0.393 e. The third-order valence-electron chi connectivity index (χ3n) is 4.30. The number of likely N-dealkylation sites (tertiary alicyclic amines) is 1. The van der Waals surface area contributed by atoms with Gasteiger partial charge in [-0.3, -0.25) is 0 Å². The number of hydrogen-bond acceptors (Lipinski definition) is 3. The van der Waals surface area contributed by atoms with Gasteiger partial charge in [0.2, 0.25) is 0 Å². The van der Waals surface area contributed by atoms with E-state index in [4.69, 9.17) is 0 Å². The fourth-order valence-electron chi connectivity index (χ4n) is 3.20. The molecule has 0 aromatic carbocycles. The summed E-state index contributed by atoms with van der Waals surface area (Å²) in [5.74, 6) is 1.31. The van der Waals surface area contributed by atoms with Crippen molar-refractivity contribution in [1.29, 1.82) is 0 Å². The van der Waals surface area contributed by atoms with Gasteiger partial charge in [-0.15, -0.1) is 0 Å². The summed E-state index contributed by atoms with van der Waals surface area (Å²) in [6.45, 7) is 5.82. The van der Waals surface area contributed by atoms with Gasteiger partial charge in [0.25, 0.3) is 0 Å². The minimum Gasteiger partial charge on any atom is -0.393 e. The Morgan fingerprint density at radius 3 is 2.71 bits per heavy atom. The van der Waals surface area contributed by atoms with Gasteiger partial charge in [-0.1, -0.05) is 6.92 Å². The van der Waals surface area contributed by atoms with Crippen LogP contribution in [-0.2, 0) is 0 Å².